The second kappa shape index (κ2) is 7.64. The van der Waals surface area contributed by atoms with Gasteiger partial charge in [-0.05, 0) is 54.1 Å². The fraction of sp³-hybridized carbons (Fsp3) is 0.867. The number of ether oxygens (including phenoxy) is 1. The summed E-state index contributed by atoms with van der Waals surface area (Å²) in [6.45, 7) is 7.71. The normalized spacial score (nSPS) is 20.4. The molecule has 6 heteroatoms. The summed E-state index contributed by atoms with van der Waals surface area (Å²) >= 11 is 0. The zero-order valence-corrected chi connectivity index (χ0v) is 13.9. The number of alkyl carbamates (subject to hydrolysis) is 1. The Bertz CT molecular complexity index is 364. The molecule has 122 valence electrons. The molecule has 0 saturated carbocycles. The lowest BCUT2D eigenvalue weighted by molar-refractivity contribution is -0.133. The maximum atomic E-state index is 12.5. The van der Waals surface area contributed by atoms with Crippen LogP contribution in [0.15, 0.2) is 0 Å². The van der Waals surface area contributed by atoms with Crippen LogP contribution >= 0.6 is 0 Å². The molecule has 0 unspecified atom stereocenters. The van der Waals surface area contributed by atoms with Crippen molar-refractivity contribution < 1.29 is 14.3 Å². The number of hydrogen-bond donors (Lipinski definition) is 1. The van der Waals surface area contributed by atoms with Crippen molar-refractivity contribution in [2.45, 2.75) is 51.7 Å². The lowest BCUT2D eigenvalue weighted by atomic mass is 10.1. The quantitative estimate of drug-likeness (QED) is 0.853. The number of carbonyl (C=O) groups is 2. The molecular formula is C15H29N3O3. The van der Waals surface area contributed by atoms with Crippen molar-refractivity contribution in [3.8, 4) is 0 Å². The summed E-state index contributed by atoms with van der Waals surface area (Å²) in [5.41, 5.74) is -0.553. The molecule has 21 heavy (non-hydrogen) atoms. The van der Waals surface area contributed by atoms with Crippen molar-refractivity contribution >= 4 is 12.0 Å². The molecule has 0 aliphatic carbocycles. The van der Waals surface area contributed by atoms with Gasteiger partial charge in [-0.1, -0.05) is 0 Å². The first-order valence-electron chi connectivity index (χ1n) is 7.62. The Balaban J connectivity index is 2.59. The standard InChI is InChI=1S/C15H29N3O3/c1-15(2,3)21-14(20)16-12-8-6-7-9-18(13(12)19)11-10-17(4)5/h12H,6-11H2,1-5H3,(H,16,20)/t12-/m0/s1. The molecule has 0 aromatic rings. The molecule has 0 aromatic heterocycles. The van der Waals surface area contributed by atoms with Crippen LogP contribution in [0.25, 0.3) is 0 Å². The highest BCUT2D eigenvalue weighted by atomic mass is 16.6. The number of likely N-dealkylation sites (N-methyl/N-ethyl adjacent to an activating group) is 1. The zero-order valence-electron chi connectivity index (χ0n) is 13.9. The predicted octanol–water partition coefficient (Wildman–Crippen LogP) is 1.45. The highest BCUT2D eigenvalue weighted by Crippen LogP contribution is 2.13. The van der Waals surface area contributed by atoms with Gasteiger partial charge in [0.2, 0.25) is 5.91 Å². The molecule has 1 saturated heterocycles. The maximum Gasteiger partial charge on any atom is 0.408 e. The van der Waals surface area contributed by atoms with E-state index in [0.29, 0.717) is 13.0 Å². The second-order valence-corrected chi connectivity index (χ2v) is 6.82. The first kappa shape index (κ1) is 17.8. The average Bonchev–Trinajstić information content (AvgIpc) is 2.48. The molecule has 0 radical (unpaired) electrons. The molecule has 0 aromatic carbocycles. The summed E-state index contributed by atoms with van der Waals surface area (Å²) in [4.78, 5) is 28.2. The van der Waals surface area contributed by atoms with E-state index < -0.39 is 17.7 Å². The summed E-state index contributed by atoms with van der Waals surface area (Å²) < 4.78 is 5.23. The van der Waals surface area contributed by atoms with Crippen LogP contribution in [0.4, 0.5) is 4.79 Å². The third-order valence-corrected chi connectivity index (χ3v) is 3.29. The monoisotopic (exact) mass is 299 g/mol. The number of carbonyl (C=O) groups excluding carboxylic acids is 2. The highest BCUT2D eigenvalue weighted by molar-refractivity contribution is 5.86. The van der Waals surface area contributed by atoms with Crippen LogP contribution in [0.1, 0.15) is 40.0 Å². The van der Waals surface area contributed by atoms with E-state index in [1.807, 2.05) is 39.8 Å². The largest absolute Gasteiger partial charge is 0.444 e. The minimum Gasteiger partial charge on any atom is -0.444 e. The Morgan fingerprint density at radius 1 is 1.38 bits per heavy atom. The van der Waals surface area contributed by atoms with E-state index in [1.54, 1.807) is 0 Å². The molecule has 1 aliphatic rings. The third-order valence-electron chi connectivity index (χ3n) is 3.29. The molecule has 1 rings (SSSR count). The van der Waals surface area contributed by atoms with Gasteiger partial charge in [-0.15, -0.1) is 0 Å². The Kier molecular flexibility index (Phi) is 6.45. The summed E-state index contributed by atoms with van der Waals surface area (Å²) in [6, 6.07) is -0.468. The average molecular weight is 299 g/mol. The van der Waals surface area contributed by atoms with Crippen LogP contribution < -0.4 is 5.32 Å². The van der Waals surface area contributed by atoms with Crippen molar-refractivity contribution in [1.82, 2.24) is 15.1 Å². The summed E-state index contributed by atoms with van der Waals surface area (Å²) in [6.07, 6.45) is 2.07. The Hall–Kier alpha value is -1.30. The molecule has 0 spiro atoms. The predicted molar refractivity (Wildman–Crippen MR) is 82.1 cm³/mol. The van der Waals surface area contributed by atoms with Crippen molar-refractivity contribution in [3.63, 3.8) is 0 Å². The maximum absolute atomic E-state index is 12.5. The molecule has 0 bridgehead atoms. The van der Waals surface area contributed by atoms with E-state index >= 15 is 0 Å². The first-order valence-corrected chi connectivity index (χ1v) is 7.62. The van der Waals surface area contributed by atoms with Crippen LogP contribution in [0.5, 0.6) is 0 Å². The number of nitrogens with zero attached hydrogens (tertiary/aromatic N) is 2. The van der Waals surface area contributed by atoms with E-state index in [4.69, 9.17) is 4.74 Å². The minimum atomic E-state index is -0.553. The fourth-order valence-corrected chi connectivity index (χ4v) is 2.23. The Labute approximate surface area is 127 Å². The highest BCUT2D eigenvalue weighted by Gasteiger charge is 2.29. The van der Waals surface area contributed by atoms with Crippen molar-refractivity contribution in [2.24, 2.45) is 0 Å². The van der Waals surface area contributed by atoms with Gasteiger partial charge in [-0.3, -0.25) is 4.79 Å². The summed E-state index contributed by atoms with van der Waals surface area (Å²) in [5.74, 6) is 0.000194. The lowest BCUT2D eigenvalue weighted by Crippen LogP contribution is -2.49. The van der Waals surface area contributed by atoms with E-state index in [0.717, 1.165) is 25.9 Å². The van der Waals surface area contributed by atoms with Gasteiger partial charge in [0.25, 0.3) is 0 Å². The van der Waals surface area contributed by atoms with Crippen molar-refractivity contribution in [2.75, 3.05) is 33.7 Å². The van der Waals surface area contributed by atoms with E-state index in [-0.39, 0.29) is 5.91 Å². The van der Waals surface area contributed by atoms with E-state index in [1.165, 1.54) is 0 Å². The molecule has 1 atom stereocenters. The van der Waals surface area contributed by atoms with Gasteiger partial charge in [0.1, 0.15) is 11.6 Å². The van der Waals surface area contributed by atoms with E-state index in [9.17, 15) is 9.59 Å². The lowest BCUT2D eigenvalue weighted by Gasteiger charge is -2.27. The van der Waals surface area contributed by atoms with Crippen molar-refractivity contribution in [3.05, 3.63) is 0 Å². The second-order valence-electron chi connectivity index (χ2n) is 6.82. The van der Waals surface area contributed by atoms with Gasteiger partial charge in [0, 0.05) is 19.6 Å². The summed E-state index contributed by atoms with van der Waals surface area (Å²) in [5, 5.41) is 2.72. The molecule has 1 heterocycles. The molecular weight excluding hydrogens is 270 g/mol. The van der Waals surface area contributed by atoms with Crippen LogP contribution in [0.3, 0.4) is 0 Å². The molecule has 1 fully saturated rings. The number of likely N-dealkylation sites (tertiary alicyclic amines) is 1. The Morgan fingerprint density at radius 3 is 2.62 bits per heavy atom. The van der Waals surface area contributed by atoms with E-state index in [2.05, 4.69) is 10.2 Å². The van der Waals surface area contributed by atoms with Crippen LogP contribution in [-0.2, 0) is 9.53 Å². The van der Waals surface area contributed by atoms with Crippen LogP contribution in [0.2, 0.25) is 0 Å². The van der Waals surface area contributed by atoms with Gasteiger partial charge in [-0.2, -0.15) is 0 Å². The molecule has 1 N–H and O–H groups in total. The van der Waals surface area contributed by atoms with Gasteiger partial charge in [-0.25, -0.2) is 4.79 Å². The van der Waals surface area contributed by atoms with Gasteiger partial charge >= 0.3 is 6.09 Å². The smallest absolute Gasteiger partial charge is 0.408 e. The molecule has 2 amide bonds. The number of amides is 2. The first-order chi connectivity index (χ1) is 9.69. The Morgan fingerprint density at radius 2 is 2.05 bits per heavy atom. The SMILES string of the molecule is CN(C)CCN1CCCC[C@H](NC(=O)OC(C)(C)C)C1=O. The number of nitrogens with one attached hydrogen (secondary N) is 1. The van der Waals surface area contributed by atoms with Crippen LogP contribution in [-0.4, -0.2) is 67.2 Å². The summed E-state index contributed by atoms with van der Waals surface area (Å²) in [7, 11) is 3.97. The molecule has 1 aliphatic heterocycles. The fourth-order valence-electron chi connectivity index (χ4n) is 2.23. The minimum absolute atomic E-state index is 0.000194. The number of hydrogen-bond acceptors (Lipinski definition) is 4. The zero-order chi connectivity index (χ0) is 16.0. The van der Waals surface area contributed by atoms with Crippen molar-refractivity contribution in [1.29, 1.82) is 0 Å². The van der Waals surface area contributed by atoms with Gasteiger partial charge in [0.15, 0.2) is 0 Å². The third kappa shape index (κ3) is 6.80. The van der Waals surface area contributed by atoms with Gasteiger partial charge < -0.3 is 19.9 Å². The molecule has 6 nitrogen and oxygen atoms in total. The van der Waals surface area contributed by atoms with Gasteiger partial charge in [0.05, 0.1) is 0 Å². The number of rotatable bonds is 4. The van der Waals surface area contributed by atoms with Crippen LogP contribution in [0, 0.1) is 0 Å². The topological polar surface area (TPSA) is 61.9 Å².